The minimum absolute atomic E-state index is 0.0834. The first-order valence-electron chi connectivity index (χ1n) is 7.86. The van der Waals surface area contributed by atoms with E-state index in [0.29, 0.717) is 5.56 Å². The van der Waals surface area contributed by atoms with Crippen LogP contribution in [0.15, 0.2) is 48.5 Å². The number of methoxy groups -OCH3 is 1. The summed E-state index contributed by atoms with van der Waals surface area (Å²) in [7, 11) is 1.39. The third kappa shape index (κ3) is 4.48. The molecule has 2 aromatic rings. The van der Waals surface area contributed by atoms with E-state index in [2.05, 4.69) is 0 Å². The van der Waals surface area contributed by atoms with Crippen LogP contribution in [0.5, 0.6) is 11.5 Å². The van der Waals surface area contributed by atoms with Crippen LogP contribution in [-0.4, -0.2) is 35.8 Å². The number of nitro groups is 1. The van der Waals surface area contributed by atoms with E-state index in [-0.39, 0.29) is 23.8 Å². The van der Waals surface area contributed by atoms with Crippen LogP contribution < -0.4 is 9.47 Å². The molecule has 2 atom stereocenters. The SMILES string of the molecule is CCOC(=O)C(O)C(Oc1ccc(OC)cc1[N+](=O)[O-])c1ccccc1. The van der Waals surface area contributed by atoms with Gasteiger partial charge in [0.25, 0.3) is 0 Å². The lowest BCUT2D eigenvalue weighted by Gasteiger charge is -2.23. The predicted molar refractivity (Wildman–Crippen MR) is 92.1 cm³/mol. The van der Waals surface area contributed by atoms with Gasteiger partial charge < -0.3 is 19.3 Å². The van der Waals surface area contributed by atoms with E-state index >= 15 is 0 Å². The van der Waals surface area contributed by atoms with Gasteiger partial charge in [0.2, 0.25) is 0 Å². The smallest absolute Gasteiger partial charge is 0.339 e. The molecule has 0 aliphatic heterocycles. The summed E-state index contributed by atoms with van der Waals surface area (Å²) >= 11 is 0. The molecular formula is C18H19NO7. The fourth-order valence-corrected chi connectivity index (χ4v) is 2.31. The third-order valence-corrected chi connectivity index (χ3v) is 3.56. The molecule has 0 aromatic heterocycles. The Morgan fingerprint density at radius 1 is 1.23 bits per heavy atom. The lowest BCUT2D eigenvalue weighted by Crippen LogP contribution is -2.33. The number of esters is 1. The van der Waals surface area contributed by atoms with E-state index in [0.717, 1.165) is 0 Å². The van der Waals surface area contributed by atoms with Crippen molar-refractivity contribution in [1.82, 2.24) is 0 Å². The minimum Gasteiger partial charge on any atom is -0.496 e. The molecular weight excluding hydrogens is 342 g/mol. The molecule has 2 rings (SSSR count). The highest BCUT2D eigenvalue weighted by Gasteiger charge is 2.32. The van der Waals surface area contributed by atoms with Gasteiger partial charge in [0.05, 0.1) is 24.7 Å². The fourth-order valence-electron chi connectivity index (χ4n) is 2.31. The molecule has 26 heavy (non-hydrogen) atoms. The van der Waals surface area contributed by atoms with Crippen molar-refractivity contribution >= 4 is 11.7 Å². The van der Waals surface area contributed by atoms with Gasteiger partial charge in [-0.05, 0) is 24.6 Å². The summed E-state index contributed by atoms with van der Waals surface area (Å²) < 4.78 is 15.5. The number of nitro benzene ring substituents is 1. The van der Waals surface area contributed by atoms with Crippen LogP contribution in [0.3, 0.4) is 0 Å². The Morgan fingerprint density at radius 3 is 2.50 bits per heavy atom. The fraction of sp³-hybridized carbons (Fsp3) is 0.278. The summed E-state index contributed by atoms with van der Waals surface area (Å²) in [5, 5.41) is 21.7. The number of benzene rings is 2. The second-order valence-electron chi connectivity index (χ2n) is 5.24. The van der Waals surface area contributed by atoms with Crippen LogP contribution in [0.1, 0.15) is 18.6 Å². The molecule has 0 saturated carbocycles. The topological polar surface area (TPSA) is 108 Å². The van der Waals surface area contributed by atoms with Crippen LogP contribution >= 0.6 is 0 Å². The van der Waals surface area contributed by atoms with Crippen LogP contribution in [0, 0.1) is 10.1 Å². The molecule has 8 heteroatoms. The molecule has 2 aromatic carbocycles. The highest BCUT2D eigenvalue weighted by atomic mass is 16.6. The van der Waals surface area contributed by atoms with Crippen LogP contribution in [-0.2, 0) is 9.53 Å². The van der Waals surface area contributed by atoms with Crippen LogP contribution in [0.2, 0.25) is 0 Å². The number of aliphatic hydroxyl groups excluding tert-OH is 1. The molecule has 1 N–H and O–H groups in total. The lowest BCUT2D eigenvalue weighted by molar-refractivity contribution is -0.386. The zero-order valence-corrected chi connectivity index (χ0v) is 14.3. The quantitative estimate of drug-likeness (QED) is 0.437. The number of hydrogen-bond donors (Lipinski definition) is 1. The Balaban J connectivity index is 2.41. The summed E-state index contributed by atoms with van der Waals surface area (Å²) in [4.78, 5) is 22.7. The van der Waals surface area contributed by atoms with Gasteiger partial charge >= 0.3 is 11.7 Å². The van der Waals surface area contributed by atoms with Crippen molar-refractivity contribution in [2.75, 3.05) is 13.7 Å². The van der Waals surface area contributed by atoms with Gasteiger partial charge in [0.1, 0.15) is 5.75 Å². The average Bonchev–Trinajstić information content (AvgIpc) is 2.66. The van der Waals surface area contributed by atoms with Crippen LogP contribution in [0.25, 0.3) is 0 Å². The van der Waals surface area contributed by atoms with E-state index in [1.54, 1.807) is 37.3 Å². The molecule has 0 bridgehead atoms. The van der Waals surface area contributed by atoms with Gasteiger partial charge in [-0.2, -0.15) is 0 Å². The zero-order chi connectivity index (χ0) is 19.1. The highest BCUT2D eigenvalue weighted by Crippen LogP contribution is 2.35. The van der Waals surface area contributed by atoms with Crippen LogP contribution in [0.4, 0.5) is 5.69 Å². The Bertz CT molecular complexity index is 763. The van der Waals surface area contributed by atoms with E-state index in [9.17, 15) is 20.0 Å². The largest absolute Gasteiger partial charge is 0.496 e. The summed E-state index contributed by atoms with van der Waals surface area (Å²) in [6.45, 7) is 1.69. The van der Waals surface area contributed by atoms with Gasteiger partial charge in [-0.15, -0.1) is 0 Å². The molecule has 0 heterocycles. The molecule has 2 unspecified atom stereocenters. The maximum Gasteiger partial charge on any atom is 0.339 e. The number of carbonyl (C=O) groups excluding carboxylic acids is 1. The van der Waals surface area contributed by atoms with Crippen molar-refractivity contribution in [2.24, 2.45) is 0 Å². The molecule has 0 aliphatic rings. The summed E-state index contributed by atoms with van der Waals surface area (Å²) in [5.41, 5.74) is 0.125. The van der Waals surface area contributed by atoms with Crippen molar-refractivity contribution < 1.29 is 29.0 Å². The first kappa shape index (κ1) is 19.2. The number of aliphatic hydroxyl groups is 1. The molecule has 0 saturated heterocycles. The van der Waals surface area contributed by atoms with Gasteiger partial charge in [-0.3, -0.25) is 10.1 Å². The maximum atomic E-state index is 12.0. The Kier molecular flexibility index (Phi) is 6.51. The van der Waals surface area contributed by atoms with Gasteiger partial charge in [-0.1, -0.05) is 30.3 Å². The second kappa shape index (κ2) is 8.82. The summed E-state index contributed by atoms with van der Waals surface area (Å²) in [5.74, 6) is -0.697. The van der Waals surface area contributed by atoms with Crippen molar-refractivity contribution in [3.05, 3.63) is 64.2 Å². The first-order valence-corrected chi connectivity index (χ1v) is 7.86. The molecule has 0 fully saturated rings. The normalized spacial score (nSPS) is 12.7. The molecule has 0 radical (unpaired) electrons. The summed E-state index contributed by atoms with van der Waals surface area (Å²) in [6, 6.07) is 12.5. The van der Waals surface area contributed by atoms with Crippen molar-refractivity contribution in [1.29, 1.82) is 0 Å². The Morgan fingerprint density at radius 2 is 1.92 bits per heavy atom. The van der Waals surface area contributed by atoms with E-state index in [1.807, 2.05) is 0 Å². The highest BCUT2D eigenvalue weighted by molar-refractivity contribution is 5.75. The first-order chi connectivity index (χ1) is 12.5. The average molecular weight is 361 g/mol. The second-order valence-corrected chi connectivity index (χ2v) is 5.24. The summed E-state index contributed by atoms with van der Waals surface area (Å²) in [6.07, 6.45) is -2.83. The zero-order valence-electron chi connectivity index (χ0n) is 14.3. The van der Waals surface area contributed by atoms with Crippen molar-refractivity contribution in [2.45, 2.75) is 19.1 Å². The van der Waals surface area contributed by atoms with Crippen molar-refractivity contribution in [3.8, 4) is 11.5 Å². The Hall–Kier alpha value is -3.13. The molecule has 8 nitrogen and oxygen atoms in total. The molecule has 0 spiro atoms. The molecule has 0 aliphatic carbocycles. The van der Waals surface area contributed by atoms with Gasteiger partial charge in [0, 0.05) is 0 Å². The number of hydrogen-bond acceptors (Lipinski definition) is 7. The van der Waals surface area contributed by atoms with E-state index < -0.39 is 23.1 Å². The maximum absolute atomic E-state index is 12.0. The standard InChI is InChI=1S/C18H19NO7/c1-3-25-18(21)16(20)17(12-7-5-4-6-8-12)26-15-10-9-13(24-2)11-14(15)19(22)23/h4-11,16-17,20H,3H2,1-2H3. The third-order valence-electron chi connectivity index (χ3n) is 3.56. The van der Waals surface area contributed by atoms with E-state index in [1.165, 1.54) is 25.3 Å². The Labute approximate surface area is 150 Å². The monoisotopic (exact) mass is 361 g/mol. The number of ether oxygens (including phenoxy) is 3. The lowest BCUT2D eigenvalue weighted by atomic mass is 10.0. The minimum atomic E-state index is -1.65. The molecule has 138 valence electrons. The number of carbonyl (C=O) groups is 1. The number of nitrogens with zero attached hydrogens (tertiary/aromatic N) is 1. The predicted octanol–water partition coefficient (Wildman–Crippen LogP) is 2.65. The van der Waals surface area contributed by atoms with Gasteiger partial charge in [0.15, 0.2) is 18.0 Å². The van der Waals surface area contributed by atoms with Crippen molar-refractivity contribution in [3.63, 3.8) is 0 Å². The van der Waals surface area contributed by atoms with Gasteiger partial charge in [-0.25, -0.2) is 4.79 Å². The molecule has 0 amide bonds. The number of rotatable bonds is 8. The van der Waals surface area contributed by atoms with E-state index in [4.69, 9.17) is 14.2 Å².